The minimum Gasteiger partial charge on any atom is -0.508 e. The van der Waals surface area contributed by atoms with E-state index in [2.05, 4.69) is 0 Å². The summed E-state index contributed by atoms with van der Waals surface area (Å²) in [6.45, 7) is 5.53. The van der Waals surface area contributed by atoms with Crippen LogP contribution in [-0.2, 0) is 26.2 Å². The summed E-state index contributed by atoms with van der Waals surface area (Å²) in [4.78, 5) is 73.1. The number of aryl methyl sites for hydroxylation is 3. The zero-order valence-corrected chi connectivity index (χ0v) is 32.2. The van der Waals surface area contributed by atoms with E-state index in [0.717, 1.165) is 43.1 Å². The lowest BCUT2D eigenvalue weighted by molar-refractivity contribution is -0.131. The number of aromatic hydroxyl groups is 2. The van der Waals surface area contributed by atoms with Crippen LogP contribution in [0.1, 0.15) is 52.7 Å². The van der Waals surface area contributed by atoms with E-state index in [1.165, 1.54) is 15.6 Å². The number of phenolic OH excluding ortho intramolecular Hbond substituents is 1. The highest BCUT2D eigenvalue weighted by Crippen LogP contribution is 2.64. The van der Waals surface area contributed by atoms with E-state index in [1.807, 2.05) is 31.2 Å². The third kappa shape index (κ3) is 4.89. The number of allylic oxidation sites excluding steroid dienone is 2. The van der Waals surface area contributed by atoms with Gasteiger partial charge in [0.1, 0.15) is 28.6 Å². The van der Waals surface area contributed by atoms with Gasteiger partial charge < -0.3 is 15.3 Å². The molecule has 9 rings (SSSR count). The predicted octanol–water partition coefficient (Wildman–Crippen LogP) is 7.12. The number of carboxylic acid groups (broad SMARTS) is 1. The van der Waals surface area contributed by atoms with Crippen LogP contribution in [0, 0.1) is 42.9 Å². The number of aromatic nitrogens is 2. The van der Waals surface area contributed by atoms with E-state index in [0.29, 0.717) is 27.7 Å². The van der Waals surface area contributed by atoms with Crippen LogP contribution in [-0.4, -0.2) is 54.7 Å². The highest BCUT2D eigenvalue weighted by molar-refractivity contribution is 7.22. The topological polar surface area (TPSA) is 170 Å². The summed E-state index contributed by atoms with van der Waals surface area (Å²) in [6, 6.07) is 16.1. The van der Waals surface area contributed by atoms with Crippen LogP contribution in [0.15, 0.2) is 72.3 Å². The summed E-state index contributed by atoms with van der Waals surface area (Å²) in [5.74, 6) is -7.25. The smallest absolute Gasteiger partial charge is 0.339 e. The lowest BCUT2D eigenvalue weighted by Crippen LogP contribution is -2.49. The number of halogens is 1. The molecule has 0 bridgehead atoms. The molecule has 1 saturated carbocycles. The lowest BCUT2D eigenvalue weighted by Gasteiger charge is -2.49. The number of fused-ring (bicyclic) bond motifs is 5. The average Bonchev–Trinajstić information content (AvgIpc) is 3.82. The standard InChI is InChI=1S/C42H35ClN4O8S/c1-18-13-20(5-11-30(18)48)35-23-9-10-25-34(39(52)46(37(25)50)22-7-8-24(40(53)54)31(49)15-22)27(23)16-28-38(51)47(41(55)42(28,35)3)33-17-29(44-45(33)4)36-19(2)26-14-21(43)6-12-32(26)56-36/h5-9,11-15,17,25,27-28,34-35,48-49H,10,16H2,1-4H3,(H,53,54)/t25-,27+,28-,34-,35-,42+/m0/s1. The Labute approximate surface area is 329 Å². The zero-order chi connectivity index (χ0) is 39.7. The predicted molar refractivity (Wildman–Crippen MR) is 209 cm³/mol. The van der Waals surface area contributed by atoms with Crippen molar-refractivity contribution < 1.29 is 39.3 Å². The summed E-state index contributed by atoms with van der Waals surface area (Å²) in [7, 11) is 1.69. The van der Waals surface area contributed by atoms with Crippen molar-refractivity contribution in [3.8, 4) is 22.1 Å². The third-order valence-corrected chi connectivity index (χ3v) is 14.0. The van der Waals surface area contributed by atoms with Crippen LogP contribution in [0.4, 0.5) is 11.5 Å². The molecular formula is C42H35ClN4O8S. The number of nitrogens with zero attached hydrogens (tertiary/aromatic N) is 4. The number of amides is 4. The Kier molecular flexibility index (Phi) is 7.92. The Balaban J connectivity index is 1.14. The number of thiophene rings is 1. The van der Waals surface area contributed by atoms with Gasteiger partial charge in [0.15, 0.2) is 0 Å². The monoisotopic (exact) mass is 790 g/mol. The number of phenols is 2. The first-order chi connectivity index (χ1) is 26.6. The van der Waals surface area contributed by atoms with Crippen molar-refractivity contribution in [2.24, 2.45) is 36.1 Å². The van der Waals surface area contributed by atoms with Crippen LogP contribution in [0.3, 0.4) is 0 Å². The molecule has 0 spiro atoms. The van der Waals surface area contributed by atoms with Gasteiger partial charge in [-0.1, -0.05) is 35.4 Å². The Hall–Kier alpha value is -5.79. The second kappa shape index (κ2) is 12.4. The molecule has 0 radical (unpaired) electrons. The van der Waals surface area contributed by atoms with Gasteiger partial charge in [-0.15, -0.1) is 11.3 Å². The first-order valence-electron chi connectivity index (χ1n) is 18.2. The number of imide groups is 2. The summed E-state index contributed by atoms with van der Waals surface area (Å²) < 4.78 is 2.56. The fourth-order valence-electron chi connectivity index (χ4n) is 9.78. The van der Waals surface area contributed by atoms with Gasteiger partial charge >= 0.3 is 5.97 Å². The second-order valence-corrected chi connectivity index (χ2v) is 16.9. The van der Waals surface area contributed by atoms with Gasteiger partial charge in [-0.05, 0) is 98.0 Å². The Morgan fingerprint density at radius 3 is 2.39 bits per heavy atom. The second-order valence-electron chi connectivity index (χ2n) is 15.4. The lowest BCUT2D eigenvalue weighted by atomic mass is 9.51. The van der Waals surface area contributed by atoms with Gasteiger partial charge in [0, 0.05) is 34.8 Å². The minimum atomic E-state index is -1.36. The third-order valence-electron chi connectivity index (χ3n) is 12.5. The molecule has 2 aromatic heterocycles. The summed E-state index contributed by atoms with van der Waals surface area (Å²) >= 11 is 7.85. The van der Waals surface area contributed by atoms with Crippen molar-refractivity contribution in [3.63, 3.8) is 0 Å². The number of hydrogen-bond acceptors (Lipinski definition) is 9. The van der Waals surface area contributed by atoms with Gasteiger partial charge in [0.25, 0.3) is 0 Å². The van der Waals surface area contributed by atoms with E-state index in [1.54, 1.807) is 56.5 Å². The molecule has 14 heteroatoms. The highest BCUT2D eigenvalue weighted by atomic mass is 35.5. The van der Waals surface area contributed by atoms with Crippen molar-refractivity contribution in [1.29, 1.82) is 0 Å². The Morgan fingerprint density at radius 2 is 1.68 bits per heavy atom. The van der Waals surface area contributed by atoms with E-state index >= 15 is 4.79 Å². The largest absolute Gasteiger partial charge is 0.508 e. The molecule has 284 valence electrons. The number of benzene rings is 3. The molecule has 5 aromatic rings. The molecule has 3 fully saturated rings. The fraction of sp³-hybridized carbons (Fsp3) is 0.286. The maximum Gasteiger partial charge on any atom is 0.339 e. The molecule has 4 aliphatic rings. The molecule has 4 heterocycles. The van der Waals surface area contributed by atoms with Crippen LogP contribution in [0.2, 0.25) is 5.02 Å². The van der Waals surface area contributed by atoms with E-state index < -0.39 is 70.4 Å². The number of aromatic carboxylic acids is 1. The van der Waals surface area contributed by atoms with Gasteiger partial charge in [-0.3, -0.25) is 23.9 Å². The number of anilines is 2. The molecule has 0 unspecified atom stereocenters. The van der Waals surface area contributed by atoms with Crippen LogP contribution >= 0.6 is 22.9 Å². The molecular weight excluding hydrogens is 756 g/mol. The molecule has 3 aromatic carbocycles. The minimum absolute atomic E-state index is 0.0482. The molecule has 12 nitrogen and oxygen atoms in total. The van der Waals surface area contributed by atoms with Crippen molar-refractivity contribution in [1.82, 2.24) is 9.78 Å². The number of hydrogen-bond donors (Lipinski definition) is 3. The van der Waals surface area contributed by atoms with Crippen LogP contribution < -0.4 is 9.80 Å². The average molecular weight is 791 g/mol. The van der Waals surface area contributed by atoms with Crippen LogP contribution in [0.25, 0.3) is 20.7 Å². The Morgan fingerprint density at radius 1 is 0.911 bits per heavy atom. The van der Waals surface area contributed by atoms with E-state index in [9.17, 15) is 34.5 Å². The summed E-state index contributed by atoms with van der Waals surface area (Å²) in [5, 5.41) is 36.8. The van der Waals surface area contributed by atoms with Gasteiger partial charge in [0.05, 0.1) is 33.7 Å². The maximum absolute atomic E-state index is 15.1. The van der Waals surface area contributed by atoms with Gasteiger partial charge in [-0.25, -0.2) is 14.6 Å². The van der Waals surface area contributed by atoms with Crippen molar-refractivity contribution >= 4 is 74.1 Å². The zero-order valence-electron chi connectivity index (χ0n) is 30.6. The quantitative estimate of drug-likeness (QED) is 0.124. The molecule has 2 saturated heterocycles. The van der Waals surface area contributed by atoms with Crippen molar-refractivity contribution in [3.05, 3.63) is 99.6 Å². The highest BCUT2D eigenvalue weighted by Gasteiger charge is 2.68. The number of carbonyl (C=O) groups excluding carboxylic acids is 4. The molecule has 2 aliphatic heterocycles. The molecule has 3 N–H and O–H groups in total. The first-order valence-corrected chi connectivity index (χ1v) is 19.4. The first kappa shape index (κ1) is 35.9. The molecule has 56 heavy (non-hydrogen) atoms. The Bertz CT molecular complexity index is 2660. The molecule has 6 atom stereocenters. The maximum atomic E-state index is 15.1. The number of rotatable bonds is 5. The van der Waals surface area contributed by atoms with E-state index in [-0.39, 0.29) is 29.8 Å². The van der Waals surface area contributed by atoms with Crippen LogP contribution in [0.5, 0.6) is 11.5 Å². The summed E-state index contributed by atoms with van der Waals surface area (Å²) in [5.41, 5.74) is 1.98. The van der Waals surface area contributed by atoms with Crippen molar-refractivity contribution in [2.75, 3.05) is 9.80 Å². The SMILES string of the molecule is Cc1cc([C@H]2C3=CC[C@@H]4C(=O)N(c5ccc(C(=O)O)c(O)c5)C(=O)[C@@H]4[C@@H]3C[C@H]3C(=O)N(c4cc(-c5sc6ccc(Cl)cc6c5C)nn4C)C(=O)[C@@]23C)ccc1O. The fourth-order valence-corrected chi connectivity index (χ4v) is 11.1. The normalized spacial score (nSPS) is 25.8. The molecule has 4 amide bonds. The number of carboxylic acids is 1. The molecule has 2 aliphatic carbocycles. The van der Waals surface area contributed by atoms with Gasteiger partial charge in [-0.2, -0.15) is 5.10 Å². The van der Waals surface area contributed by atoms with E-state index in [4.69, 9.17) is 16.7 Å². The number of carbonyl (C=O) groups is 5. The van der Waals surface area contributed by atoms with Crippen molar-refractivity contribution in [2.45, 2.75) is 39.5 Å². The van der Waals surface area contributed by atoms with Gasteiger partial charge in [0.2, 0.25) is 23.6 Å². The summed E-state index contributed by atoms with van der Waals surface area (Å²) in [6.07, 6.45) is 2.25.